The lowest BCUT2D eigenvalue weighted by Crippen LogP contribution is -2.42. The Hall–Kier alpha value is -3.12. The summed E-state index contributed by atoms with van der Waals surface area (Å²) in [6, 6.07) is 14.7. The Labute approximate surface area is 192 Å². The molecule has 2 heterocycles. The lowest BCUT2D eigenvalue weighted by atomic mass is 9.96. The zero-order chi connectivity index (χ0) is 22.8. The number of carbonyl (C=O) groups excluding carboxylic acids is 1. The first-order chi connectivity index (χ1) is 15.3. The molecule has 32 heavy (non-hydrogen) atoms. The molecular formula is C25H27ClN4O2. The molecule has 1 amide bonds. The molecule has 7 heteroatoms. The second-order valence-corrected chi connectivity index (χ2v) is 8.82. The summed E-state index contributed by atoms with van der Waals surface area (Å²) < 4.78 is 1.36. The molecule has 1 aliphatic rings. The second-order valence-electron chi connectivity index (χ2n) is 8.42. The number of carbonyl (C=O) groups is 1. The number of nitrogens with zero attached hydrogens (tertiary/aromatic N) is 3. The van der Waals surface area contributed by atoms with Crippen molar-refractivity contribution in [3.63, 3.8) is 0 Å². The number of halogens is 1. The first-order valence-electron chi connectivity index (χ1n) is 10.8. The number of aromatic nitrogens is 2. The largest absolute Gasteiger partial charge is 0.354 e. The predicted octanol–water partition coefficient (Wildman–Crippen LogP) is 4.67. The topological polar surface area (TPSA) is 67.2 Å². The average molecular weight is 451 g/mol. The SMILES string of the molecule is Cc1ccc(-n2nc(N3CCCC(C(=O)Nc4c(C)cccc4C)C3)ccc2=O)cc1Cl. The van der Waals surface area contributed by atoms with Crippen LogP contribution in [0.25, 0.3) is 5.69 Å². The highest BCUT2D eigenvalue weighted by Crippen LogP contribution is 2.25. The number of aryl methyl sites for hydroxylation is 3. The van der Waals surface area contributed by atoms with Crippen LogP contribution < -0.4 is 15.8 Å². The molecule has 2 aromatic carbocycles. The lowest BCUT2D eigenvalue weighted by molar-refractivity contribution is -0.120. The minimum Gasteiger partial charge on any atom is -0.354 e. The summed E-state index contributed by atoms with van der Waals surface area (Å²) in [6.45, 7) is 7.25. The van der Waals surface area contributed by atoms with Crippen LogP contribution in [0.3, 0.4) is 0 Å². The van der Waals surface area contributed by atoms with Crippen LogP contribution in [0.1, 0.15) is 29.5 Å². The molecule has 1 aliphatic heterocycles. The van der Waals surface area contributed by atoms with E-state index in [1.165, 1.54) is 10.7 Å². The monoisotopic (exact) mass is 450 g/mol. The van der Waals surface area contributed by atoms with E-state index in [0.717, 1.165) is 41.8 Å². The molecule has 0 bridgehead atoms. The smallest absolute Gasteiger partial charge is 0.271 e. The van der Waals surface area contributed by atoms with Gasteiger partial charge in [-0.3, -0.25) is 9.59 Å². The Balaban J connectivity index is 1.55. The zero-order valence-corrected chi connectivity index (χ0v) is 19.3. The van der Waals surface area contributed by atoms with Gasteiger partial charge in [0, 0.05) is 29.9 Å². The third-order valence-corrected chi connectivity index (χ3v) is 6.44. The first-order valence-corrected chi connectivity index (χ1v) is 11.2. The van der Waals surface area contributed by atoms with Crippen molar-refractivity contribution in [1.82, 2.24) is 9.78 Å². The van der Waals surface area contributed by atoms with Crippen molar-refractivity contribution in [2.24, 2.45) is 5.92 Å². The van der Waals surface area contributed by atoms with Crippen molar-refractivity contribution in [2.75, 3.05) is 23.3 Å². The van der Waals surface area contributed by atoms with Gasteiger partial charge in [0.25, 0.3) is 5.56 Å². The number of para-hydroxylation sites is 1. The Morgan fingerprint density at radius 3 is 2.53 bits per heavy atom. The standard InChI is InChI=1S/C25H27ClN4O2/c1-16-9-10-20(14-21(16)26)30-23(31)12-11-22(28-30)29-13-5-8-19(15-29)25(32)27-24-17(2)6-4-7-18(24)3/h4,6-7,9-12,14,19H,5,8,13,15H2,1-3H3,(H,27,32). The van der Waals surface area contributed by atoms with Crippen LogP contribution in [0.5, 0.6) is 0 Å². The summed E-state index contributed by atoms with van der Waals surface area (Å²) in [5, 5.41) is 8.29. The maximum absolute atomic E-state index is 13.0. The van der Waals surface area contributed by atoms with Crippen molar-refractivity contribution in [3.05, 3.63) is 80.6 Å². The minimum atomic E-state index is -0.227. The Bertz CT molecular complexity index is 1200. The minimum absolute atomic E-state index is 0.0192. The highest BCUT2D eigenvalue weighted by Gasteiger charge is 2.27. The summed E-state index contributed by atoms with van der Waals surface area (Å²) in [6.07, 6.45) is 1.70. The van der Waals surface area contributed by atoms with Crippen LogP contribution in [-0.4, -0.2) is 28.8 Å². The van der Waals surface area contributed by atoms with Crippen LogP contribution in [0, 0.1) is 26.7 Å². The lowest BCUT2D eigenvalue weighted by Gasteiger charge is -2.33. The molecule has 1 N–H and O–H groups in total. The van der Waals surface area contributed by atoms with Crippen molar-refractivity contribution >= 4 is 29.0 Å². The van der Waals surface area contributed by atoms with Crippen molar-refractivity contribution in [1.29, 1.82) is 0 Å². The van der Waals surface area contributed by atoms with Crippen LogP contribution in [0.2, 0.25) is 5.02 Å². The molecule has 4 rings (SSSR count). The van der Waals surface area contributed by atoms with Crippen LogP contribution in [0.15, 0.2) is 53.3 Å². The highest BCUT2D eigenvalue weighted by atomic mass is 35.5. The number of hydrogen-bond donors (Lipinski definition) is 1. The van der Waals surface area contributed by atoms with Gasteiger partial charge in [0.2, 0.25) is 5.91 Å². The molecule has 166 valence electrons. The van der Waals surface area contributed by atoms with Crippen LogP contribution >= 0.6 is 11.6 Å². The molecule has 1 unspecified atom stereocenters. The maximum atomic E-state index is 13.0. The van der Waals surface area contributed by atoms with E-state index < -0.39 is 0 Å². The Morgan fingerprint density at radius 1 is 1.06 bits per heavy atom. The zero-order valence-electron chi connectivity index (χ0n) is 18.6. The molecule has 1 aromatic heterocycles. The number of anilines is 2. The van der Waals surface area contributed by atoms with Gasteiger partial charge in [-0.25, -0.2) is 0 Å². The molecule has 0 aliphatic carbocycles. The maximum Gasteiger partial charge on any atom is 0.271 e. The normalized spacial score (nSPS) is 16.1. The van der Waals surface area contributed by atoms with Gasteiger partial charge in [0.1, 0.15) is 5.82 Å². The molecule has 0 radical (unpaired) electrons. The van der Waals surface area contributed by atoms with Gasteiger partial charge >= 0.3 is 0 Å². The molecule has 1 atom stereocenters. The van der Waals surface area contributed by atoms with E-state index in [9.17, 15) is 9.59 Å². The molecule has 0 spiro atoms. The predicted molar refractivity (Wildman–Crippen MR) is 129 cm³/mol. The highest BCUT2D eigenvalue weighted by molar-refractivity contribution is 6.31. The number of piperidine rings is 1. The third-order valence-electron chi connectivity index (χ3n) is 6.03. The van der Waals surface area contributed by atoms with E-state index in [4.69, 9.17) is 11.6 Å². The van der Waals surface area contributed by atoms with Crippen molar-refractivity contribution in [2.45, 2.75) is 33.6 Å². The summed E-state index contributed by atoms with van der Waals surface area (Å²) in [4.78, 5) is 27.6. The van der Waals surface area contributed by atoms with Gasteiger partial charge in [-0.05, 0) is 68.5 Å². The van der Waals surface area contributed by atoms with Gasteiger partial charge in [-0.1, -0.05) is 35.9 Å². The van der Waals surface area contributed by atoms with Gasteiger partial charge in [-0.2, -0.15) is 4.68 Å². The molecule has 6 nitrogen and oxygen atoms in total. The molecule has 1 fully saturated rings. The molecule has 3 aromatic rings. The summed E-state index contributed by atoms with van der Waals surface area (Å²) in [7, 11) is 0. The fraction of sp³-hybridized carbons (Fsp3) is 0.320. The number of benzene rings is 2. The number of rotatable bonds is 4. The molecule has 1 saturated heterocycles. The quantitative estimate of drug-likeness (QED) is 0.627. The van der Waals surface area contributed by atoms with Crippen molar-refractivity contribution < 1.29 is 4.79 Å². The van der Waals surface area contributed by atoms with Gasteiger partial charge < -0.3 is 10.2 Å². The van der Waals surface area contributed by atoms with E-state index in [-0.39, 0.29) is 17.4 Å². The average Bonchev–Trinajstić information content (AvgIpc) is 2.78. The van der Waals surface area contributed by atoms with Crippen LogP contribution in [-0.2, 0) is 4.79 Å². The summed E-state index contributed by atoms with van der Waals surface area (Å²) >= 11 is 6.25. The molecular weight excluding hydrogens is 424 g/mol. The Morgan fingerprint density at radius 2 is 1.81 bits per heavy atom. The summed E-state index contributed by atoms with van der Waals surface area (Å²) in [5.74, 6) is 0.537. The van der Waals surface area contributed by atoms with Gasteiger partial charge in [-0.15, -0.1) is 5.10 Å². The Kier molecular flexibility index (Phi) is 6.33. The second kappa shape index (κ2) is 9.17. The van der Waals surface area contributed by atoms with E-state index in [2.05, 4.69) is 15.3 Å². The van der Waals surface area contributed by atoms with E-state index in [1.807, 2.05) is 51.1 Å². The van der Waals surface area contributed by atoms with E-state index >= 15 is 0 Å². The van der Waals surface area contributed by atoms with E-state index in [1.54, 1.807) is 12.1 Å². The molecule has 0 saturated carbocycles. The summed E-state index contributed by atoms with van der Waals surface area (Å²) in [5.41, 5.74) is 4.32. The van der Waals surface area contributed by atoms with Crippen molar-refractivity contribution in [3.8, 4) is 5.69 Å². The third kappa shape index (κ3) is 4.55. The number of nitrogens with one attached hydrogen (secondary N) is 1. The van der Waals surface area contributed by atoms with Gasteiger partial charge in [0.05, 0.1) is 11.6 Å². The number of amides is 1. The number of hydrogen-bond acceptors (Lipinski definition) is 4. The van der Waals surface area contributed by atoms with Gasteiger partial charge in [0.15, 0.2) is 0 Å². The fourth-order valence-corrected chi connectivity index (χ4v) is 4.28. The fourth-order valence-electron chi connectivity index (χ4n) is 4.10. The van der Waals surface area contributed by atoms with Crippen LogP contribution in [0.4, 0.5) is 11.5 Å². The van der Waals surface area contributed by atoms with E-state index in [0.29, 0.717) is 23.1 Å². The first kappa shape index (κ1) is 22.1.